The van der Waals surface area contributed by atoms with Gasteiger partial charge >= 0.3 is 0 Å². The summed E-state index contributed by atoms with van der Waals surface area (Å²) >= 11 is 9.58. The van der Waals surface area contributed by atoms with E-state index in [1.165, 1.54) is 11.1 Å². The van der Waals surface area contributed by atoms with Crippen LogP contribution < -0.4 is 0 Å². The third-order valence-electron chi connectivity index (χ3n) is 2.75. The zero-order valence-corrected chi connectivity index (χ0v) is 12.2. The van der Waals surface area contributed by atoms with Gasteiger partial charge in [0.05, 0.1) is 0 Å². The summed E-state index contributed by atoms with van der Waals surface area (Å²) in [6.45, 7) is 3.97. The van der Waals surface area contributed by atoms with Crippen molar-refractivity contribution in [3.8, 4) is 0 Å². The van der Waals surface area contributed by atoms with E-state index in [0.717, 1.165) is 23.0 Å². The van der Waals surface area contributed by atoms with E-state index in [0.29, 0.717) is 0 Å². The first-order chi connectivity index (χ1) is 8.06. The monoisotopic (exact) mass is 312 g/mol. The zero-order valence-electron chi connectivity index (χ0n) is 9.84. The average Bonchev–Trinajstić information content (AvgIpc) is 2.61. The number of furan rings is 1. The topological polar surface area (TPSA) is 13.1 Å². The highest BCUT2D eigenvalue weighted by Crippen LogP contribution is 2.31. The van der Waals surface area contributed by atoms with Gasteiger partial charge in [-0.05, 0) is 44.0 Å². The molecule has 90 valence electrons. The second-order valence-corrected chi connectivity index (χ2v) is 5.71. The Balaban J connectivity index is 2.14. The number of hydrogen-bond acceptors (Lipinski definition) is 1. The van der Waals surface area contributed by atoms with E-state index >= 15 is 0 Å². The Kier molecular flexibility index (Phi) is 3.95. The quantitative estimate of drug-likeness (QED) is 0.707. The highest BCUT2D eigenvalue weighted by molar-refractivity contribution is 9.09. The van der Waals surface area contributed by atoms with Gasteiger partial charge in [-0.15, -0.1) is 0 Å². The largest absolute Gasteiger partial charge is 0.466 e. The van der Waals surface area contributed by atoms with Crippen molar-refractivity contribution in [1.82, 2.24) is 0 Å². The van der Waals surface area contributed by atoms with Crippen molar-refractivity contribution < 1.29 is 4.42 Å². The molecule has 0 fully saturated rings. The molecule has 1 nitrogen and oxygen atoms in total. The number of alkyl halides is 1. The maximum Gasteiger partial charge on any atom is 0.105 e. The van der Waals surface area contributed by atoms with Gasteiger partial charge in [-0.3, -0.25) is 0 Å². The molecule has 0 radical (unpaired) electrons. The summed E-state index contributed by atoms with van der Waals surface area (Å²) in [6.07, 6.45) is 0.928. The van der Waals surface area contributed by atoms with E-state index < -0.39 is 0 Å². The van der Waals surface area contributed by atoms with E-state index in [9.17, 15) is 0 Å². The maximum atomic E-state index is 5.87. The van der Waals surface area contributed by atoms with E-state index in [1.54, 1.807) is 0 Å². The molecule has 0 saturated heterocycles. The normalized spacial score (nSPS) is 12.7. The highest BCUT2D eigenvalue weighted by Gasteiger charge is 2.14. The molecular formula is C14H14BrClO. The van der Waals surface area contributed by atoms with Gasteiger partial charge in [0, 0.05) is 15.4 Å². The van der Waals surface area contributed by atoms with E-state index in [-0.39, 0.29) is 4.83 Å². The Morgan fingerprint density at radius 1 is 1.24 bits per heavy atom. The fourth-order valence-corrected chi connectivity index (χ4v) is 2.85. The number of aryl methyl sites for hydroxylation is 2. The molecule has 0 amide bonds. The van der Waals surface area contributed by atoms with Crippen molar-refractivity contribution in [3.63, 3.8) is 0 Å². The Hall–Kier alpha value is -0.730. The van der Waals surface area contributed by atoms with Crippen LogP contribution in [0.5, 0.6) is 0 Å². The third kappa shape index (κ3) is 3.14. The summed E-state index contributed by atoms with van der Waals surface area (Å²) in [5.41, 5.74) is 2.48. The Labute approximate surface area is 115 Å². The van der Waals surface area contributed by atoms with Gasteiger partial charge in [-0.25, -0.2) is 0 Å². The van der Waals surface area contributed by atoms with Crippen LogP contribution in [0.4, 0.5) is 0 Å². The Morgan fingerprint density at radius 2 is 1.88 bits per heavy atom. The van der Waals surface area contributed by atoms with Gasteiger partial charge in [0.1, 0.15) is 11.5 Å². The first-order valence-corrected chi connectivity index (χ1v) is 6.81. The Bertz CT molecular complexity index is 501. The van der Waals surface area contributed by atoms with Gasteiger partial charge in [0.2, 0.25) is 0 Å². The van der Waals surface area contributed by atoms with E-state index in [2.05, 4.69) is 34.1 Å². The van der Waals surface area contributed by atoms with Crippen molar-refractivity contribution in [3.05, 3.63) is 58.0 Å². The van der Waals surface area contributed by atoms with Crippen molar-refractivity contribution in [2.24, 2.45) is 0 Å². The average molecular weight is 314 g/mol. The molecule has 17 heavy (non-hydrogen) atoms. The fraction of sp³-hybridized carbons (Fsp3) is 0.286. The van der Waals surface area contributed by atoms with Crippen LogP contribution >= 0.6 is 27.5 Å². The molecule has 1 unspecified atom stereocenters. The van der Waals surface area contributed by atoms with Crippen LogP contribution in [-0.4, -0.2) is 0 Å². The predicted molar refractivity (Wildman–Crippen MR) is 75.0 cm³/mol. The van der Waals surface area contributed by atoms with Gasteiger partial charge < -0.3 is 4.42 Å². The molecule has 0 N–H and O–H groups in total. The molecular weight excluding hydrogens is 300 g/mol. The van der Waals surface area contributed by atoms with Crippen molar-refractivity contribution in [2.75, 3.05) is 0 Å². The first kappa shape index (κ1) is 12.7. The summed E-state index contributed by atoms with van der Waals surface area (Å²) in [6, 6.07) is 10.0. The van der Waals surface area contributed by atoms with Gasteiger partial charge in [0.25, 0.3) is 0 Å². The van der Waals surface area contributed by atoms with Gasteiger partial charge in [-0.2, -0.15) is 0 Å². The standard InChI is InChI=1S/C14H14BrClO/c1-9-7-13(10(2)17-9)14(15)8-11-3-5-12(16)6-4-11/h3-7,14H,8H2,1-2H3. The number of halogens is 2. The molecule has 1 aromatic carbocycles. The van der Waals surface area contributed by atoms with Gasteiger partial charge in [0.15, 0.2) is 0 Å². The van der Waals surface area contributed by atoms with Crippen molar-refractivity contribution in [2.45, 2.75) is 25.1 Å². The predicted octanol–water partition coefficient (Wildman–Crippen LogP) is 5.23. The summed E-state index contributed by atoms with van der Waals surface area (Å²) in [5.74, 6) is 1.94. The van der Waals surface area contributed by atoms with E-state index in [1.807, 2.05) is 26.0 Å². The smallest absolute Gasteiger partial charge is 0.105 e. The SMILES string of the molecule is Cc1cc(C(Br)Cc2ccc(Cl)cc2)c(C)o1. The third-order valence-corrected chi connectivity index (χ3v) is 3.81. The lowest BCUT2D eigenvalue weighted by Gasteiger charge is -2.08. The molecule has 1 heterocycles. The summed E-state index contributed by atoms with van der Waals surface area (Å²) in [5, 5.41) is 0.773. The minimum Gasteiger partial charge on any atom is -0.466 e. The molecule has 3 heteroatoms. The minimum absolute atomic E-state index is 0.279. The van der Waals surface area contributed by atoms with Crippen LogP contribution in [0.25, 0.3) is 0 Å². The summed E-state index contributed by atoms with van der Waals surface area (Å²) in [7, 11) is 0. The lowest BCUT2D eigenvalue weighted by Crippen LogP contribution is -1.95. The zero-order chi connectivity index (χ0) is 12.4. The molecule has 1 aromatic heterocycles. The molecule has 0 aliphatic heterocycles. The molecule has 0 saturated carbocycles. The number of benzene rings is 1. The van der Waals surface area contributed by atoms with Crippen LogP contribution in [0, 0.1) is 13.8 Å². The number of hydrogen-bond donors (Lipinski definition) is 0. The van der Waals surface area contributed by atoms with Crippen molar-refractivity contribution >= 4 is 27.5 Å². The first-order valence-electron chi connectivity index (χ1n) is 5.51. The molecule has 0 aliphatic rings. The summed E-state index contributed by atoms with van der Waals surface area (Å²) in [4.78, 5) is 0.279. The second-order valence-electron chi connectivity index (χ2n) is 4.17. The van der Waals surface area contributed by atoms with Crippen LogP contribution in [0.15, 0.2) is 34.7 Å². The van der Waals surface area contributed by atoms with Crippen LogP contribution in [0.1, 0.15) is 27.5 Å². The minimum atomic E-state index is 0.279. The highest BCUT2D eigenvalue weighted by atomic mass is 79.9. The summed E-state index contributed by atoms with van der Waals surface area (Å²) < 4.78 is 5.54. The van der Waals surface area contributed by atoms with Crippen LogP contribution in [-0.2, 0) is 6.42 Å². The van der Waals surface area contributed by atoms with E-state index in [4.69, 9.17) is 16.0 Å². The van der Waals surface area contributed by atoms with Crippen LogP contribution in [0.2, 0.25) is 5.02 Å². The number of rotatable bonds is 3. The lowest BCUT2D eigenvalue weighted by atomic mass is 10.0. The lowest BCUT2D eigenvalue weighted by molar-refractivity contribution is 0.501. The molecule has 0 aliphatic carbocycles. The molecule has 0 bridgehead atoms. The van der Waals surface area contributed by atoms with Crippen molar-refractivity contribution in [1.29, 1.82) is 0 Å². The Morgan fingerprint density at radius 3 is 2.41 bits per heavy atom. The molecule has 1 atom stereocenters. The van der Waals surface area contributed by atoms with Crippen LogP contribution in [0.3, 0.4) is 0 Å². The maximum absolute atomic E-state index is 5.87. The molecule has 0 spiro atoms. The molecule has 2 aromatic rings. The fourth-order valence-electron chi connectivity index (χ4n) is 1.90. The van der Waals surface area contributed by atoms with Gasteiger partial charge in [-0.1, -0.05) is 39.7 Å². The molecule has 2 rings (SSSR count). The second kappa shape index (κ2) is 5.28.